The molecule has 8 heteroatoms. The van der Waals surface area contributed by atoms with Crippen LogP contribution in [-0.4, -0.2) is 23.5 Å². The van der Waals surface area contributed by atoms with E-state index in [-0.39, 0.29) is 22.2 Å². The van der Waals surface area contributed by atoms with Gasteiger partial charge in [-0.15, -0.1) is 0 Å². The van der Waals surface area contributed by atoms with Crippen LogP contribution in [0.25, 0.3) is 0 Å². The zero-order valence-electron chi connectivity index (χ0n) is 14.9. The predicted molar refractivity (Wildman–Crippen MR) is 97.8 cm³/mol. The van der Waals surface area contributed by atoms with Gasteiger partial charge < -0.3 is 10.1 Å². The van der Waals surface area contributed by atoms with Crippen molar-refractivity contribution < 1.29 is 27.5 Å². The van der Waals surface area contributed by atoms with Crippen LogP contribution in [0.1, 0.15) is 28.4 Å². The number of amides is 1. The summed E-state index contributed by atoms with van der Waals surface area (Å²) >= 11 is -0.272. The molecule has 0 bridgehead atoms. The number of aryl methyl sites for hydroxylation is 2. The molecule has 0 aliphatic rings. The molecule has 0 radical (unpaired) electrons. The number of benzene rings is 2. The van der Waals surface area contributed by atoms with Gasteiger partial charge in [-0.05, 0) is 67.9 Å². The van der Waals surface area contributed by atoms with E-state index >= 15 is 0 Å². The molecule has 0 heterocycles. The largest absolute Gasteiger partial charge is 0.449 e. The van der Waals surface area contributed by atoms with Crippen LogP contribution in [0.3, 0.4) is 0 Å². The van der Waals surface area contributed by atoms with Crippen molar-refractivity contribution in [1.82, 2.24) is 0 Å². The van der Waals surface area contributed by atoms with Crippen molar-refractivity contribution in [2.45, 2.75) is 37.3 Å². The van der Waals surface area contributed by atoms with Crippen LogP contribution in [0.4, 0.5) is 18.9 Å². The normalized spacial score (nSPS) is 12.4. The Morgan fingerprint density at radius 1 is 1.04 bits per heavy atom. The number of carbonyl (C=O) groups excluding carboxylic acids is 2. The van der Waals surface area contributed by atoms with E-state index in [1.54, 1.807) is 0 Å². The molecule has 0 saturated carbocycles. The maximum atomic E-state index is 12.3. The Kier molecular flexibility index (Phi) is 6.54. The highest BCUT2D eigenvalue weighted by atomic mass is 32.2. The number of hydrogen-bond acceptors (Lipinski definition) is 4. The van der Waals surface area contributed by atoms with Crippen LogP contribution < -0.4 is 5.32 Å². The molecule has 0 spiro atoms. The monoisotopic (exact) mass is 397 g/mol. The van der Waals surface area contributed by atoms with E-state index in [1.807, 2.05) is 32.0 Å². The lowest BCUT2D eigenvalue weighted by Gasteiger charge is -2.16. The number of anilines is 1. The van der Waals surface area contributed by atoms with Gasteiger partial charge in [0.2, 0.25) is 0 Å². The predicted octanol–water partition coefficient (Wildman–Crippen LogP) is 5.10. The highest BCUT2D eigenvalue weighted by molar-refractivity contribution is 8.00. The first-order valence-corrected chi connectivity index (χ1v) is 8.82. The van der Waals surface area contributed by atoms with Crippen LogP contribution in [0, 0.1) is 13.8 Å². The second kappa shape index (κ2) is 8.47. The van der Waals surface area contributed by atoms with Crippen LogP contribution in [0.2, 0.25) is 0 Å². The summed E-state index contributed by atoms with van der Waals surface area (Å²) in [4.78, 5) is 24.3. The van der Waals surface area contributed by atoms with Gasteiger partial charge in [-0.2, -0.15) is 13.2 Å². The molecule has 4 nitrogen and oxygen atoms in total. The van der Waals surface area contributed by atoms with Crippen molar-refractivity contribution in [2.24, 2.45) is 0 Å². The second-order valence-electron chi connectivity index (χ2n) is 5.88. The number of rotatable bonds is 5. The van der Waals surface area contributed by atoms with Gasteiger partial charge in [0.05, 0.1) is 5.56 Å². The van der Waals surface area contributed by atoms with Crippen molar-refractivity contribution in [2.75, 3.05) is 5.32 Å². The fraction of sp³-hybridized carbons (Fsp3) is 0.263. The lowest BCUT2D eigenvalue weighted by atomic mass is 10.1. The molecule has 2 aromatic rings. The first-order valence-electron chi connectivity index (χ1n) is 8.00. The Morgan fingerprint density at radius 3 is 2.11 bits per heavy atom. The van der Waals surface area contributed by atoms with Gasteiger partial charge >= 0.3 is 11.5 Å². The molecule has 1 N–H and O–H groups in total. The minimum Gasteiger partial charge on any atom is -0.449 e. The summed E-state index contributed by atoms with van der Waals surface area (Å²) in [6.07, 6.45) is -1.07. The molecule has 0 aliphatic heterocycles. The van der Waals surface area contributed by atoms with Crippen LogP contribution in [0.5, 0.6) is 0 Å². The zero-order chi connectivity index (χ0) is 20.2. The molecule has 27 heavy (non-hydrogen) atoms. The van der Waals surface area contributed by atoms with Gasteiger partial charge in [0, 0.05) is 10.6 Å². The first kappa shape index (κ1) is 20.8. The number of para-hydroxylation sites is 1. The maximum Gasteiger partial charge on any atom is 0.446 e. The highest BCUT2D eigenvalue weighted by Gasteiger charge is 2.29. The summed E-state index contributed by atoms with van der Waals surface area (Å²) < 4.78 is 42.1. The number of esters is 1. The average molecular weight is 397 g/mol. The van der Waals surface area contributed by atoms with Crippen LogP contribution >= 0.6 is 11.8 Å². The fourth-order valence-electron chi connectivity index (χ4n) is 2.31. The van der Waals surface area contributed by atoms with Crippen molar-refractivity contribution >= 4 is 29.3 Å². The molecule has 2 rings (SSSR count). The minimum atomic E-state index is -4.40. The molecular formula is C19H18F3NO3S. The van der Waals surface area contributed by atoms with E-state index in [0.29, 0.717) is 5.69 Å². The molecule has 144 valence electrons. The summed E-state index contributed by atoms with van der Waals surface area (Å²) in [6.45, 7) is 5.12. The van der Waals surface area contributed by atoms with E-state index in [9.17, 15) is 22.8 Å². The van der Waals surface area contributed by atoms with Gasteiger partial charge in [-0.3, -0.25) is 4.79 Å². The summed E-state index contributed by atoms with van der Waals surface area (Å²) in [5, 5.41) is 2.73. The van der Waals surface area contributed by atoms with Gasteiger partial charge in [0.15, 0.2) is 6.10 Å². The highest BCUT2D eigenvalue weighted by Crippen LogP contribution is 2.36. The molecule has 0 fully saturated rings. The Bertz CT molecular complexity index is 815. The standard InChI is InChI=1S/C19H18F3NO3S/c1-11-5-4-6-12(2)16(11)23-17(24)13(3)26-18(25)14-7-9-15(10-8-14)27-19(20,21)22/h4-10,13H,1-3H3,(H,23,24)/t13-/m0/s1. The smallest absolute Gasteiger partial charge is 0.446 e. The Hall–Kier alpha value is -2.48. The molecule has 1 amide bonds. The third kappa shape index (κ3) is 6.02. The Morgan fingerprint density at radius 2 is 1.59 bits per heavy atom. The Balaban J connectivity index is 1.99. The van der Waals surface area contributed by atoms with Gasteiger partial charge in [-0.25, -0.2) is 4.79 Å². The van der Waals surface area contributed by atoms with E-state index in [1.165, 1.54) is 31.2 Å². The summed E-state index contributed by atoms with van der Waals surface area (Å²) in [5.41, 5.74) is -1.94. The number of thioether (sulfide) groups is 1. The summed E-state index contributed by atoms with van der Waals surface area (Å²) in [7, 11) is 0. The summed E-state index contributed by atoms with van der Waals surface area (Å²) in [6, 6.07) is 10.4. The van der Waals surface area contributed by atoms with Crippen LogP contribution in [-0.2, 0) is 9.53 Å². The Labute approximate surface area is 159 Å². The van der Waals surface area contributed by atoms with E-state index in [0.717, 1.165) is 11.1 Å². The van der Waals surface area contributed by atoms with Gasteiger partial charge in [0.25, 0.3) is 5.91 Å². The molecule has 0 aliphatic carbocycles. The third-order valence-electron chi connectivity index (χ3n) is 3.71. The molecule has 0 aromatic heterocycles. The zero-order valence-corrected chi connectivity index (χ0v) is 15.7. The van der Waals surface area contributed by atoms with E-state index in [4.69, 9.17) is 4.74 Å². The molecule has 0 unspecified atom stereocenters. The first-order chi connectivity index (χ1) is 12.6. The fourth-order valence-corrected chi connectivity index (χ4v) is 2.85. The number of alkyl halides is 3. The molecule has 1 atom stereocenters. The second-order valence-corrected chi connectivity index (χ2v) is 7.01. The third-order valence-corrected chi connectivity index (χ3v) is 4.45. The van der Waals surface area contributed by atoms with Crippen LogP contribution in [0.15, 0.2) is 47.4 Å². The topological polar surface area (TPSA) is 55.4 Å². The summed E-state index contributed by atoms with van der Waals surface area (Å²) in [5.74, 6) is -1.28. The van der Waals surface area contributed by atoms with Gasteiger partial charge in [-0.1, -0.05) is 18.2 Å². The van der Waals surface area contributed by atoms with Crippen molar-refractivity contribution in [3.63, 3.8) is 0 Å². The number of nitrogens with one attached hydrogen (secondary N) is 1. The quantitative estimate of drug-likeness (QED) is 0.563. The van der Waals surface area contributed by atoms with Crippen molar-refractivity contribution in [3.8, 4) is 0 Å². The number of carbonyl (C=O) groups is 2. The maximum absolute atomic E-state index is 12.3. The molecule has 2 aromatic carbocycles. The number of ether oxygens (including phenoxy) is 1. The number of hydrogen-bond donors (Lipinski definition) is 1. The van der Waals surface area contributed by atoms with Crippen molar-refractivity contribution in [3.05, 3.63) is 59.2 Å². The van der Waals surface area contributed by atoms with Gasteiger partial charge in [0.1, 0.15) is 0 Å². The SMILES string of the molecule is Cc1cccc(C)c1NC(=O)[C@H](C)OC(=O)c1ccc(SC(F)(F)F)cc1. The van der Waals surface area contributed by atoms with E-state index in [2.05, 4.69) is 5.32 Å². The number of halogens is 3. The average Bonchev–Trinajstić information content (AvgIpc) is 2.57. The molecular weight excluding hydrogens is 379 g/mol. The lowest BCUT2D eigenvalue weighted by molar-refractivity contribution is -0.123. The van der Waals surface area contributed by atoms with E-state index < -0.39 is 23.5 Å². The lowest BCUT2D eigenvalue weighted by Crippen LogP contribution is -2.30. The minimum absolute atomic E-state index is 0.0418. The van der Waals surface area contributed by atoms with Crippen molar-refractivity contribution in [1.29, 1.82) is 0 Å². The molecule has 0 saturated heterocycles.